The van der Waals surface area contributed by atoms with Crippen molar-refractivity contribution >= 4 is 33.5 Å². The van der Waals surface area contributed by atoms with Crippen molar-refractivity contribution in [2.45, 2.75) is 37.8 Å². The van der Waals surface area contributed by atoms with Crippen LogP contribution in [0.3, 0.4) is 0 Å². The fourth-order valence-electron chi connectivity index (χ4n) is 3.26. The molecular weight excluding hydrogens is 286 g/mol. The normalized spacial score (nSPS) is 20.7. The summed E-state index contributed by atoms with van der Waals surface area (Å²) in [6, 6.07) is 7.57. The van der Waals surface area contributed by atoms with Gasteiger partial charge in [-0.1, -0.05) is 25.0 Å². The average molecular weight is 301 g/mol. The zero-order chi connectivity index (χ0) is 14.4. The Labute approximate surface area is 126 Å². The molecule has 1 aliphatic carbocycles. The van der Waals surface area contributed by atoms with Gasteiger partial charge < -0.3 is 5.32 Å². The zero-order valence-electron chi connectivity index (χ0n) is 11.5. The lowest BCUT2D eigenvalue weighted by molar-refractivity contribution is -0.131. The summed E-state index contributed by atoms with van der Waals surface area (Å²) in [7, 11) is 0. The van der Waals surface area contributed by atoms with E-state index in [0.717, 1.165) is 40.9 Å². The van der Waals surface area contributed by atoms with Crippen LogP contribution in [0.25, 0.3) is 10.2 Å². The van der Waals surface area contributed by atoms with Gasteiger partial charge in [-0.15, -0.1) is 11.3 Å². The summed E-state index contributed by atoms with van der Waals surface area (Å²) in [5.41, 5.74) is 0.286. The van der Waals surface area contributed by atoms with E-state index < -0.39 is 5.54 Å². The fourth-order valence-corrected chi connectivity index (χ4v) is 4.22. The molecule has 2 fully saturated rings. The van der Waals surface area contributed by atoms with Gasteiger partial charge in [0.05, 0.1) is 16.8 Å². The van der Waals surface area contributed by atoms with Crippen LogP contribution >= 0.6 is 11.3 Å². The van der Waals surface area contributed by atoms with Crippen LogP contribution < -0.4 is 5.32 Å². The number of fused-ring (bicyclic) bond motifs is 1. The van der Waals surface area contributed by atoms with Gasteiger partial charge in [-0.3, -0.25) is 9.69 Å². The SMILES string of the molecule is O=C1NC2(CCCC2)C(=O)N1Cc1nc2ccccc2s1. The van der Waals surface area contributed by atoms with Gasteiger partial charge in [0.1, 0.15) is 10.5 Å². The van der Waals surface area contributed by atoms with Gasteiger partial charge in [0.15, 0.2) is 0 Å². The van der Waals surface area contributed by atoms with Crippen molar-refractivity contribution in [1.82, 2.24) is 15.2 Å². The number of para-hydroxylation sites is 1. The molecule has 1 aliphatic heterocycles. The number of hydrogen-bond acceptors (Lipinski definition) is 4. The van der Waals surface area contributed by atoms with E-state index in [2.05, 4.69) is 10.3 Å². The smallest absolute Gasteiger partial charge is 0.323 e. The van der Waals surface area contributed by atoms with E-state index in [9.17, 15) is 9.59 Å². The molecular formula is C15H15N3O2S. The van der Waals surface area contributed by atoms with Gasteiger partial charge in [0, 0.05) is 0 Å². The highest BCUT2D eigenvalue weighted by Crippen LogP contribution is 2.36. The molecule has 2 aliphatic rings. The van der Waals surface area contributed by atoms with Gasteiger partial charge in [0.2, 0.25) is 0 Å². The van der Waals surface area contributed by atoms with Crippen molar-refractivity contribution < 1.29 is 9.59 Å². The Balaban J connectivity index is 1.61. The first-order valence-corrected chi connectivity index (χ1v) is 7.98. The monoisotopic (exact) mass is 301 g/mol. The number of nitrogens with zero attached hydrogens (tertiary/aromatic N) is 2. The summed E-state index contributed by atoms with van der Waals surface area (Å²) in [5.74, 6) is -0.0794. The number of carbonyl (C=O) groups excluding carboxylic acids is 2. The third kappa shape index (κ3) is 1.93. The van der Waals surface area contributed by atoms with Gasteiger partial charge in [-0.2, -0.15) is 0 Å². The number of amides is 3. The van der Waals surface area contributed by atoms with Crippen LogP contribution in [0.4, 0.5) is 4.79 Å². The van der Waals surface area contributed by atoms with Crippen LogP contribution in [-0.4, -0.2) is 27.4 Å². The van der Waals surface area contributed by atoms with Gasteiger partial charge in [-0.25, -0.2) is 9.78 Å². The number of carbonyl (C=O) groups is 2. The minimum absolute atomic E-state index is 0.0794. The first kappa shape index (κ1) is 12.8. The average Bonchev–Trinajstić information content (AvgIpc) is 3.14. The van der Waals surface area contributed by atoms with Crippen LogP contribution in [0.1, 0.15) is 30.7 Å². The van der Waals surface area contributed by atoms with Crippen LogP contribution in [0.15, 0.2) is 24.3 Å². The maximum absolute atomic E-state index is 12.6. The molecule has 3 amide bonds. The van der Waals surface area contributed by atoms with E-state index in [1.807, 2.05) is 24.3 Å². The Bertz CT molecular complexity index is 700. The summed E-state index contributed by atoms with van der Waals surface area (Å²) in [4.78, 5) is 30.5. The number of thiazole rings is 1. The topological polar surface area (TPSA) is 62.3 Å². The molecule has 6 heteroatoms. The van der Waals surface area contributed by atoms with Crippen LogP contribution in [0.5, 0.6) is 0 Å². The Morgan fingerprint density at radius 3 is 2.76 bits per heavy atom. The Morgan fingerprint density at radius 1 is 1.24 bits per heavy atom. The summed E-state index contributed by atoms with van der Waals surface area (Å²) in [6.45, 7) is 0.270. The van der Waals surface area contributed by atoms with Crippen LogP contribution in [0, 0.1) is 0 Å². The zero-order valence-corrected chi connectivity index (χ0v) is 12.3. The minimum atomic E-state index is -0.631. The highest BCUT2D eigenvalue weighted by Gasteiger charge is 2.52. The Morgan fingerprint density at radius 2 is 2.00 bits per heavy atom. The summed E-state index contributed by atoms with van der Waals surface area (Å²) < 4.78 is 1.08. The molecule has 2 heterocycles. The lowest BCUT2D eigenvalue weighted by Crippen LogP contribution is -2.44. The molecule has 1 spiro atoms. The van der Waals surface area contributed by atoms with E-state index in [1.165, 1.54) is 16.2 Å². The first-order valence-electron chi connectivity index (χ1n) is 7.17. The molecule has 4 rings (SSSR count). The Hall–Kier alpha value is -1.95. The molecule has 21 heavy (non-hydrogen) atoms. The fraction of sp³-hybridized carbons (Fsp3) is 0.400. The quantitative estimate of drug-likeness (QED) is 0.867. The molecule has 1 saturated carbocycles. The molecule has 0 bridgehead atoms. The third-order valence-electron chi connectivity index (χ3n) is 4.33. The Kier molecular flexibility index (Phi) is 2.75. The molecule has 1 aromatic carbocycles. The number of aromatic nitrogens is 1. The number of urea groups is 1. The molecule has 5 nitrogen and oxygen atoms in total. The number of nitrogens with one attached hydrogen (secondary N) is 1. The second-order valence-electron chi connectivity index (χ2n) is 5.69. The van der Waals surface area contributed by atoms with E-state index in [1.54, 1.807) is 0 Å². The highest BCUT2D eigenvalue weighted by atomic mass is 32.1. The first-order chi connectivity index (χ1) is 10.2. The molecule has 1 aromatic heterocycles. The van der Waals surface area contributed by atoms with Gasteiger partial charge in [-0.05, 0) is 25.0 Å². The molecule has 0 unspecified atom stereocenters. The largest absolute Gasteiger partial charge is 0.325 e. The number of benzene rings is 1. The summed E-state index contributed by atoms with van der Waals surface area (Å²) >= 11 is 1.53. The number of hydrogen-bond donors (Lipinski definition) is 1. The van der Waals surface area contributed by atoms with Crippen molar-refractivity contribution in [3.63, 3.8) is 0 Å². The molecule has 108 valence electrons. The van der Waals surface area contributed by atoms with Gasteiger partial charge in [0.25, 0.3) is 5.91 Å². The van der Waals surface area contributed by atoms with Crippen molar-refractivity contribution in [2.75, 3.05) is 0 Å². The van der Waals surface area contributed by atoms with Crippen molar-refractivity contribution in [3.05, 3.63) is 29.3 Å². The predicted octanol–water partition coefficient (Wildman–Crippen LogP) is 2.66. The van der Waals surface area contributed by atoms with E-state index in [0.29, 0.717) is 0 Å². The molecule has 0 atom stereocenters. The summed E-state index contributed by atoms with van der Waals surface area (Å²) in [6.07, 6.45) is 3.52. The lowest BCUT2D eigenvalue weighted by atomic mass is 9.98. The van der Waals surface area contributed by atoms with E-state index in [-0.39, 0.29) is 18.5 Å². The van der Waals surface area contributed by atoms with Crippen molar-refractivity contribution in [2.24, 2.45) is 0 Å². The molecule has 0 radical (unpaired) electrons. The maximum Gasteiger partial charge on any atom is 0.325 e. The standard InChI is InChI=1S/C15H15N3O2S/c19-13-15(7-3-4-8-15)17-14(20)18(13)9-12-16-10-5-1-2-6-11(10)21-12/h1-2,5-6H,3-4,7-9H2,(H,17,20). The summed E-state index contributed by atoms with van der Waals surface area (Å²) in [5, 5.41) is 3.70. The van der Waals surface area contributed by atoms with Crippen LogP contribution in [-0.2, 0) is 11.3 Å². The predicted molar refractivity (Wildman–Crippen MR) is 79.9 cm³/mol. The van der Waals surface area contributed by atoms with E-state index in [4.69, 9.17) is 0 Å². The van der Waals surface area contributed by atoms with Gasteiger partial charge >= 0.3 is 6.03 Å². The second-order valence-corrected chi connectivity index (χ2v) is 6.80. The molecule has 2 aromatic rings. The molecule has 1 saturated heterocycles. The molecule has 1 N–H and O–H groups in total. The number of rotatable bonds is 2. The third-order valence-corrected chi connectivity index (χ3v) is 5.36. The van der Waals surface area contributed by atoms with Crippen molar-refractivity contribution in [1.29, 1.82) is 0 Å². The number of imide groups is 1. The highest BCUT2D eigenvalue weighted by molar-refractivity contribution is 7.18. The van der Waals surface area contributed by atoms with Crippen molar-refractivity contribution in [3.8, 4) is 0 Å². The van der Waals surface area contributed by atoms with E-state index >= 15 is 0 Å². The maximum atomic E-state index is 12.6. The van der Waals surface area contributed by atoms with Crippen LogP contribution in [0.2, 0.25) is 0 Å². The second kappa shape index (κ2) is 4.53. The minimum Gasteiger partial charge on any atom is -0.323 e. The lowest BCUT2D eigenvalue weighted by Gasteiger charge is -2.19.